The molecule has 0 spiro atoms. The maximum atomic E-state index is 12.8. The summed E-state index contributed by atoms with van der Waals surface area (Å²) in [5, 5.41) is 3.77. The molecule has 148 valence electrons. The molecule has 0 radical (unpaired) electrons. The van der Waals surface area contributed by atoms with Crippen LogP contribution in [0.5, 0.6) is 0 Å². The number of fused-ring (bicyclic) bond motifs is 1. The van der Waals surface area contributed by atoms with Crippen molar-refractivity contribution < 1.29 is 13.2 Å². The Kier molecular flexibility index (Phi) is 4.46. The van der Waals surface area contributed by atoms with Crippen LogP contribution in [0.3, 0.4) is 0 Å². The van der Waals surface area contributed by atoms with Crippen molar-refractivity contribution in [3.05, 3.63) is 61.9 Å². The highest BCUT2D eigenvalue weighted by Crippen LogP contribution is 2.54. The average Bonchev–Trinajstić information content (AvgIpc) is 2.99. The molecule has 0 aromatic carbocycles. The van der Waals surface area contributed by atoms with Crippen LogP contribution >= 0.6 is 23.2 Å². The van der Waals surface area contributed by atoms with Crippen LogP contribution in [0.15, 0.2) is 29.1 Å². The quantitative estimate of drug-likeness (QED) is 0.608. The SMILES string of the molecule is CC1C(c2c(Cl)ccc3nc(Cn4nc(C(F)(F)F)cc4Cl)cc(=O)n23)[C@@H]1C. The van der Waals surface area contributed by atoms with Gasteiger partial charge in [0.15, 0.2) is 5.69 Å². The van der Waals surface area contributed by atoms with E-state index in [4.69, 9.17) is 23.2 Å². The second kappa shape index (κ2) is 6.49. The summed E-state index contributed by atoms with van der Waals surface area (Å²) < 4.78 is 40.8. The van der Waals surface area contributed by atoms with E-state index in [1.807, 2.05) is 0 Å². The molecule has 3 heterocycles. The number of halogens is 5. The molecule has 1 fully saturated rings. The van der Waals surface area contributed by atoms with Crippen molar-refractivity contribution in [2.24, 2.45) is 11.8 Å². The molecule has 10 heteroatoms. The standard InChI is InChI=1S/C18H15Cl2F3N4O/c1-8-9(2)16(8)17-11(19)3-4-14-24-10(5-15(28)27(14)17)7-26-13(20)6-12(25-26)18(21,22)23/h3-6,8-9,16H,7H2,1-2H3/t8-,9?,16?/m1/s1. The van der Waals surface area contributed by atoms with Gasteiger partial charge in [0, 0.05) is 18.1 Å². The third kappa shape index (κ3) is 3.18. The van der Waals surface area contributed by atoms with Gasteiger partial charge in [0.25, 0.3) is 5.56 Å². The normalized spacial score (nSPS) is 22.0. The zero-order valence-electron chi connectivity index (χ0n) is 14.8. The number of hydrogen-bond acceptors (Lipinski definition) is 3. The van der Waals surface area contributed by atoms with Gasteiger partial charge in [-0.2, -0.15) is 18.3 Å². The number of alkyl halides is 3. The van der Waals surface area contributed by atoms with Gasteiger partial charge < -0.3 is 0 Å². The largest absolute Gasteiger partial charge is 0.435 e. The predicted octanol–water partition coefficient (Wildman–Crippen LogP) is 4.63. The summed E-state index contributed by atoms with van der Waals surface area (Å²) in [4.78, 5) is 17.2. The van der Waals surface area contributed by atoms with Gasteiger partial charge in [-0.15, -0.1) is 0 Å². The Morgan fingerprint density at radius 1 is 1.14 bits per heavy atom. The Hall–Kier alpha value is -2.06. The summed E-state index contributed by atoms with van der Waals surface area (Å²) in [7, 11) is 0. The summed E-state index contributed by atoms with van der Waals surface area (Å²) in [6.45, 7) is 4.03. The Bertz CT molecular complexity index is 1130. The minimum absolute atomic E-state index is 0.158. The van der Waals surface area contributed by atoms with Crippen molar-refractivity contribution in [3.63, 3.8) is 0 Å². The molecule has 0 amide bonds. The van der Waals surface area contributed by atoms with Gasteiger partial charge in [-0.25, -0.2) is 9.67 Å². The highest BCUT2D eigenvalue weighted by molar-refractivity contribution is 6.31. The Morgan fingerprint density at radius 3 is 2.39 bits per heavy atom. The van der Waals surface area contributed by atoms with Crippen LogP contribution in [0.2, 0.25) is 10.2 Å². The highest BCUT2D eigenvalue weighted by Gasteiger charge is 2.46. The molecule has 28 heavy (non-hydrogen) atoms. The number of nitrogens with zero attached hydrogens (tertiary/aromatic N) is 4. The molecule has 0 aliphatic heterocycles. The van der Waals surface area contributed by atoms with E-state index >= 15 is 0 Å². The first-order valence-corrected chi connectivity index (χ1v) is 9.35. The van der Waals surface area contributed by atoms with E-state index in [2.05, 4.69) is 23.9 Å². The molecule has 2 unspecified atom stereocenters. The summed E-state index contributed by atoms with van der Waals surface area (Å²) in [6, 6.07) is 5.31. The lowest BCUT2D eigenvalue weighted by Crippen LogP contribution is -2.20. The second-order valence-electron chi connectivity index (χ2n) is 7.10. The molecular formula is C18H15Cl2F3N4O. The van der Waals surface area contributed by atoms with Crippen LogP contribution in [-0.4, -0.2) is 19.2 Å². The van der Waals surface area contributed by atoms with Crippen LogP contribution in [0.25, 0.3) is 5.65 Å². The van der Waals surface area contributed by atoms with Crippen LogP contribution in [0.1, 0.15) is 36.8 Å². The Morgan fingerprint density at radius 2 is 1.82 bits per heavy atom. The molecule has 4 rings (SSSR count). The van der Waals surface area contributed by atoms with Gasteiger partial charge in [0.2, 0.25) is 0 Å². The minimum Gasteiger partial charge on any atom is -0.269 e. The molecule has 0 bridgehead atoms. The van der Waals surface area contributed by atoms with Gasteiger partial charge in [0.1, 0.15) is 10.8 Å². The molecule has 3 aromatic rings. The van der Waals surface area contributed by atoms with Crippen LogP contribution < -0.4 is 5.56 Å². The summed E-state index contributed by atoms with van der Waals surface area (Å²) in [5.74, 6) is 0.966. The second-order valence-corrected chi connectivity index (χ2v) is 7.89. The lowest BCUT2D eigenvalue weighted by Gasteiger charge is -2.12. The monoisotopic (exact) mass is 430 g/mol. The highest BCUT2D eigenvalue weighted by atomic mass is 35.5. The number of pyridine rings is 1. The van der Waals surface area contributed by atoms with Crippen LogP contribution in [-0.2, 0) is 12.7 Å². The molecule has 3 atom stereocenters. The molecule has 3 aromatic heterocycles. The molecule has 1 aliphatic rings. The summed E-state index contributed by atoms with van der Waals surface area (Å²) >= 11 is 12.2. The van der Waals surface area contributed by atoms with E-state index in [1.165, 1.54) is 10.5 Å². The maximum Gasteiger partial charge on any atom is 0.435 e. The van der Waals surface area contributed by atoms with Crippen molar-refractivity contribution in [1.29, 1.82) is 0 Å². The van der Waals surface area contributed by atoms with Crippen molar-refractivity contribution in [3.8, 4) is 0 Å². The van der Waals surface area contributed by atoms with Crippen LogP contribution in [0, 0.1) is 11.8 Å². The number of hydrogen-bond donors (Lipinski definition) is 0. The third-order valence-corrected chi connectivity index (χ3v) is 5.96. The summed E-state index contributed by atoms with van der Waals surface area (Å²) in [5.41, 5.74) is -0.0787. The maximum absolute atomic E-state index is 12.8. The number of aromatic nitrogens is 4. The predicted molar refractivity (Wildman–Crippen MR) is 98.9 cm³/mol. The molecule has 5 nitrogen and oxygen atoms in total. The van der Waals surface area contributed by atoms with E-state index < -0.39 is 11.9 Å². The average molecular weight is 431 g/mol. The smallest absolute Gasteiger partial charge is 0.269 e. The summed E-state index contributed by atoms with van der Waals surface area (Å²) in [6.07, 6.45) is -4.60. The van der Waals surface area contributed by atoms with Crippen molar-refractivity contribution >= 4 is 28.8 Å². The Labute approximate surface area is 167 Å². The topological polar surface area (TPSA) is 52.2 Å². The first-order chi connectivity index (χ1) is 13.1. The van der Waals surface area contributed by atoms with E-state index in [0.29, 0.717) is 22.5 Å². The minimum atomic E-state index is -4.60. The first kappa shape index (κ1) is 19.3. The zero-order chi connectivity index (χ0) is 20.4. The lowest BCUT2D eigenvalue weighted by molar-refractivity contribution is -0.141. The third-order valence-electron chi connectivity index (χ3n) is 5.33. The lowest BCUT2D eigenvalue weighted by atomic mass is 10.2. The molecule has 1 aliphatic carbocycles. The molecule has 0 N–H and O–H groups in total. The van der Waals surface area contributed by atoms with E-state index in [-0.39, 0.29) is 28.9 Å². The van der Waals surface area contributed by atoms with E-state index in [9.17, 15) is 18.0 Å². The van der Waals surface area contributed by atoms with Crippen LogP contribution in [0.4, 0.5) is 13.2 Å². The van der Waals surface area contributed by atoms with E-state index in [1.54, 1.807) is 12.1 Å². The Balaban J connectivity index is 1.76. The van der Waals surface area contributed by atoms with Gasteiger partial charge >= 0.3 is 6.18 Å². The van der Waals surface area contributed by atoms with Gasteiger partial charge in [-0.1, -0.05) is 37.0 Å². The molecular weight excluding hydrogens is 416 g/mol. The zero-order valence-corrected chi connectivity index (χ0v) is 16.3. The van der Waals surface area contributed by atoms with Crippen molar-refractivity contribution in [2.45, 2.75) is 32.5 Å². The molecule has 0 saturated heterocycles. The van der Waals surface area contributed by atoms with Gasteiger partial charge in [-0.3, -0.25) is 9.20 Å². The molecule has 1 saturated carbocycles. The van der Waals surface area contributed by atoms with Gasteiger partial charge in [-0.05, 0) is 24.0 Å². The van der Waals surface area contributed by atoms with Crippen molar-refractivity contribution in [2.75, 3.05) is 0 Å². The first-order valence-electron chi connectivity index (χ1n) is 8.59. The van der Waals surface area contributed by atoms with E-state index in [0.717, 1.165) is 16.4 Å². The fraction of sp³-hybridized carbons (Fsp3) is 0.389. The fourth-order valence-corrected chi connectivity index (χ4v) is 4.06. The fourth-order valence-electron chi connectivity index (χ4n) is 3.59. The number of rotatable bonds is 3. The van der Waals surface area contributed by atoms with Gasteiger partial charge in [0.05, 0.1) is 23.0 Å². The van der Waals surface area contributed by atoms with Crippen molar-refractivity contribution in [1.82, 2.24) is 19.2 Å².